The van der Waals surface area contributed by atoms with Gasteiger partial charge in [-0.05, 0) is 89.4 Å². The standard InChI is InChI=1S/C33H45ClN4O9S2/c1-21-18-38(22(2)20-39)33(40)29-17-27(36-48(41,42)28-13-10-26(34)11-14-28)12-15-30(29)46-23(3)9-7-8-16-45-31(21)19-37(6)49(43,44)32-24(4)35-47-25(32)5/h10-15,17,21-23,31,36,39H,7-9,16,18-20H2,1-6H3/t21-,22+,23+,31+/m1/s1. The molecule has 2 aromatic carbocycles. The predicted molar refractivity (Wildman–Crippen MR) is 185 cm³/mol. The number of nitrogens with one attached hydrogen (secondary N) is 1. The Hall–Kier alpha value is -3.21. The molecule has 0 radical (unpaired) electrons. The van der Waals surface area contributed by atoms with Crippen LogP contribution < -0.4 is 9.46 Å². The van der Waals surface area contributed by atoms with Crippen LogP contribution >= 0.6 is 11.6 Å². The second-order valence-electron chi connectivity index (χ2n) is 12.5. The number of halogens is 1. The highest BCUT2D eigenvalue weighted by molar-refractivity contribution is 7.92. The van der Waals surface area contributed by atoms with Crippen molar-refractivity contribution in [2.75, 3.05) is 38.1 Å². The normalized spacial score (nSPS) is 20.7. The van der Waals surface area contributed by atoms with E-state index in [1.807, 2.05) is 13.8 Å². The number of rotatable bonds is 9. The fraction of sp³-hybridized carbons (Fsp3) is 0.515. The molecule has 4 rings (SSSR count). The van der Waals surface area contributed by atoms with Crippen molar-refractivity contribution in [2.24, 2.45) is 5.92 Å². The first-order valence-electron chi connectivity index (χ1n) is 16.1. The number of aromatic nitrogens is 1. The van der Waals surface area contributed by atoms with E-state index in [0.29, 0.717) is 24.5 Å². The van der Waals surface area contributed by atoms with E-state index in [0.717, 1.165) is 6.42 Å². The maximum atomic E-state index is 14.4. The molecule has 1 aromatic heterocycles. The van der Waals surface area contributed by atoms with Crippen LogP contribution in [0.25, 0.3) is 0 Å². The quantitative estimate of drug-likeness (QED) is 0.309. The fourth-order valence-corrected chi connectivity index (χ4v) is 8.27. The number of carbonyl (C=O) groups is 1. The van der Waals surface area contributed by atoms with Crippen LogP contribution in [-0.2, 0) is 24.8 Å². The highest BCUT2D eigenvalue weighted by Gasteiger charge is 2.34. The van der Waals surface area contributed by atoms with Gasteiger partial charge in [-0.2, -0.15) is 4.31 Å². The Morgan fingerprint density at radius 3 is 2.43 bits per heavy atom. The maximum absolute atomic E-state index is 14.4. The van der Waals surface area contributed by atoms with Gasteiger partial charge in [0.15, 0.2) is 5.76 Å². The van der Waals surface area contributed by atoms with E-state index in [1.165, 1.54) is 59.6 Å². The summed E-state index contributed by atoms with van der Waals surface area (Å²) in [6.07, 6.45) is 1.14. The molecule has 0 saturated heterocycles. The lowest BCUT2D eigenvalue weighted by Crippen LogP contribution is -2.48. The van der Waals surface area contributed by atoms with Crippen LogP contribution in [0.15, 0.2) is 56.8 Å². The molecule has 0 saturated carbocycles. The molecule has 2 N–H and O–H groups in total. The Balaban J connectivity index is 1.69. The van der Waals surface area contributed by atoms with Crippen molar-refractivity contribution in [3.63, 3.8) is 0 Å². The molecule has 49 heavy (non-hydrogen) atoms. The third kappa shape index (κ3) is 9.32. The summed E-state index contributed by atoms with van der Waals surface area (Å²) in [4.78, 5) is 15.8. The van der Waals surface area contributed by atoms with Crippen molar-refractivity contribution in [2.45, 2.75) is 81.9 Å². The third-order valence-electron chi connectivity index (χ3n) is 8.50. The van der Waals surface area contributed by atoms with Crippen LogP contribution in [-0.4, -0.2) is 93.8 Å². The summed E-state index contributed by atoms with van der Waals surface area (Å²) in [6.45, 7) is 8.59. The summed E-state index contributed by atoms with van der Waals surface area (Å²) in [5.41, 5.74) is 0.488. The van der Waals surface area contributed by atoms with Gasteiger partial charge in [-0.1, -0.05) is 23.7 Å². The number of aliphatic hydroxyl groups excluding tert-OH is 1. The molecular weight excluding hydrogens is 696 g/mol. The number of sulfonamides is 2. The van der Waals surface area contributed by atoms with Gasteiger partial charge in [0.05, 0.1) is 35.3 Å². The summed E-state index contributed by atoms with van der Waals surface area (Å²) in [5, 5.41) is 14.4. The van der Waals surface area contributed by atoms with Gasteiger partial charge in [0.25, 0.3) is 15.9 Å². The second-order valence-corrected chi connectivity index (χ2v) is 16.6. The number of aryl methyl sites for hydroxylation is 2. The van der Waals surface area contributed by atoms with E-state index in [2.05, 4.69) is 9.88 Å². The molecule has 0 unspecified atom stereocenters. The van der Waals surface area contributed by atoms with Gasteiger partial charge in [0.1, 0.15) is 16.3 Å². The predicted octanol–water partition coefficient (Wildman–Crippen LogP) is 4.86. The molecule has 3 aromatic rings. The Bertz CT molecular complexity index is 1800. The summed E-state index contributed by atoms with van der Waals surface area (Å²) in [6, 6.07) is 9.53. The molecule has 13 nitrogen and oxygen atoms in total. The van der Waals surface area contributed by atoms with Crippen molar-refractivity contribution in [1.82, 2.24) is 14.4 Å². The zero-order valence-electron chi connectivity index (χ0n) is 28.5. The number of nitrogens with zero attached hydrogens (tertiary/aromatic N) is 3. The number of aliphatic hydroxyl groups is 1. The van der Waals surface area contributed by atoms with Crippen molar-refractivity contribution >= 4 is 43.2 Å². The highest BCUT2D eigenvalue weighted by Crippen LogP contribution is 2.30. The number of benzene rings is 2. The summed E-state index contributed by atoms with van der Waals surface area (Å²) >= 11 is 5.94. The molecule has 1 aliphatic heterocycles. The molecule has 2 heterocycles. The number of fused-ring (bicyclic) bond motifs is 1. The van der Waals surface area contributed by atoms with Gasteiger partial charge in [-0.3, -0.25) is 9.52 Å². The zero-order valence-corrected chi connectivity index (χ0v) is 30.9. The van der Waals surface area contributed by atoms with Gasteiger partial charge >= 0.3 is 0 Å². The molecule has 270 valence electrons. The van der Waals surface area contributed by atoms with Crippen LogP contribution in [0, 0.1) is 19.8 Å². The first-order chi connectivity index (χ1) is 23.0. The molecule has 0 aliphatic carbocycles. The van der Waals surface area contributed by atoms with Crippen molar-refractivity contribution in [1.29, 1.82) is 0 Å². The fourth-order valence-electron chi connectivity index (χ4n) is 5.63. The molecule has 0 fully saturated rings. The number of anilines is 1. The maximum Gasteiger partial charge on any atom is 0.261 e. The lowest BCUT2D eigenvalue weighted by molar-refractivity contribution is -0.00835. The minimum atomic E-state index is -4.02. The van der Waals surface area contributed by atoms with Crippen LogP contribution in [0.3, 0.4) is 0 Å². The third-order valence-corrected chi connectivity index (χ3v) is 12.2. The monoisotopic (exact) mass is 740 g/mol. The van der Waals surface area contributed by atoms with Crippen LogP contribution in [0.2, 0.25) is 5.02 Å². The lowest BCUT2D eigenvalue weighted by atomic mass is 10.0. The molecule has 1 aliphatic rings. The summed E-state index contributed by atoms with van der Waals surface area (Å²) in [7, 11) is -6.54. The smallest absolute Gasteiger partial charge is 0.261 e. The number of carbonyl (C=O) groups excluding carboxylic acids is 1. The lowest BCUT2D eigenvalue weighted by Gasteiger charge is -2.35. The van der Waals surface area contributed by atoms with E-state index < -0.39 is 44.0 Å². The minimum absolute atomic E-state index is 0.00216. The first kappa shape index (κ1) is 38.6. The van der Waals surface area contributed by atoms with Gasteiger partial charge in [-0.25, -0.2) is 16.8 Å². The second kappa shape index (κ2) is 16.2. The van der Waals surface area contributed by atoms with Crippen molar-refractivity contribution in [3.05, 3.63) is 64.5 Å². The Morgan fingerprint density at radius 1 is 1.10 bits per heavy atom. The number of ether oxygens (including phenoxy) is 2. The molecule has 16 heteroatoms. The highest BCUT2D eigenvalue weighted by atomic mass is 35.5. The average Bonchev–Trinajstić information content (AvgIpc) is 3.40. The first-order valence-corrected chi connectivity index (χ1v) is 19.4. The van der Waals surface area contributed by atoms with Gasteiger partial charge in [-0.15, -0.1) is 0 Å². The number of amides is 1. The van der Waals surface area contributed by atoms with Crippen LogP contribution in [0.1, 0.15) is 61.8 Å². The average molecular weight is 741 g/mol. The SMILES string of the molecule is Cc1noc(C)c1S(=O)(=O)N(C)C[C@@H]1OCCCC[C@H](C)Oc2ccc(NS(=O)(=O)c3ccc(Cl)cc3)cc2C(=O)N([C@@H](C)CO)C[C@H]1C. The summed E-state index contributed by atoms with van der Waals surface area (Å²) < 4.78 is 74.8. The van der Waals surface area contributed by atoms with Crippen LogP contribution in [0.4, 0.5) is 5.69 Å². The van der Waals surface area contributed by atoms with E-state index in [-0.39, 0.29) is 64.0 Å². The molecule has 0 spiro atoms. The summed E-state index contributed by atoms with van der Waals surface area (Å²) in [5.74, 6) is -0.457. The van der Waals surface area contributed by atoms with E-state index >= 15 is 0 Å². The number of likely N-dealkylation sites (N-methyl/N-ethyl adjacent to an activating group) is 1. The number of hydrogen-bond donors (Lipinski definition) is 2. The number of hydrogen-bond acceptors (Lipinski definition) is 10. The molecule has 0 bridgehead atoms. The minimum Gasteiger partial charge on any atom is -0.490 e. The Kier molecular flexibility index (Phi) is 12.8. The topological polar surface area (TPSA) is 169 Å². The van der Waals surface area contributed by atoms with Gasteiger partial charge in [0.2, 0.25) is 10.0 Å². The van der Waals surface area contributed by atoms with Crippen LogP contribution in [0.5, 0.6) is 5.75 Å². The van der Waals surface area contributed by atoms with Gasteiger partial charge < -0.3 is 24.0 Å². The molecule has 1 amide bonds. The molecular formula is C33H45ClN4O9S2. The van der Waals surface area contributed by atoms with Gasteiger partial charge in [0, 0.05) is 43.4 Å². The van der Waals surface area contributed by atoms with E-state index in [4.69, 9.17) is 25.6 Å². The zero-order chi connectivity index (χ0) is 36.1. The molecule has 4 atom stereocenters. The Labute approximate surface area is 293 Å². The van der Waals surface area contributed by atoms with Crippen molar-refractivity contribution < 1.29 is 40.7 Å². The van der Waals surface area contributed by atoms with Crippen molar-refractivity contribution in [3.8, 4) is 5.75 Å². The van der Waals surface area contributed by atoms with E-state index in [1.54, 1.807) is 19.9 Å². The van der Waals surface area contributed by atoms with E-state index in [9.17, 15) is 26.7 Å². The Morgan fingerprint density at radius 2 is 1.80 bits per heavy atom. The largest absolute Gasteiger partial charge is 0.490 e.